The Kier molecular flexibility index (Phi) is 5.89. The summed E-state index contributed by atoms with van der Waals surface area (Å²) >= 11 is 0. The van der Waals surface area contributed by atoms with Gasteiger partial charge in [-0.15, -0.1) is 0 Å². The average molecular weight is 601 g/mol. The van der Waals surface area contributed by atoms with E-state index in [2.05, 4.69) is 10.3 Å². The van der Waals surface area contributed by atoms with Crippen LogP contribution in [0, 0.1) is 23.2 Å². The SMILES string of the molecule is O=C1NC(=O)N(C2CCN(C(=O)CC34CCC5C3C54)CC2)C1Cc1ccc(OS(=O)(=O)c2cccc3cnccc23)cc1. The number of aromatic nitrogens is 1. The van der Waals surface area contributed by atoms with Gasteiger partial charge in [-0.3, -0.25) is 19.9 Å². The summed E-state index contributed by atoms with van der Waals surface area (Å²) in [5.74, 6) is 2.59. The van der Waals surface area contributed by atoms with Crippen molar-refractivity contribution in [1.82, 2.24) is 20.1 Å². The third kappa shape index (κ3) is 4.30. The molecular weight excluding hydrogens is 568 g/mol. The predicted octanol–water partition coefficient (Wildman–Crippen LogP) is 3.50. The molecule has 3 unspecified atom stereocenters. The molecule has 4 saturated carbocycles. The Morgan fingerprint density at radius 2 is 1.79 bits per heavy atom. The number of likely N-dealkylation sites (tertiary alicyclic amines) is 1. The fourth-order valence-electron chi connectivity index (χ4n) is 8.42. The van der Waals surface area contributed by atoms with Gasteiger partial charge in [0.15, 0.2) is 0 Å². The minimum absolute atomic E-state index is 0.0528. The summed E-state index contributed by atoms with van der Waals surface area (Å²) in [7, 11) is -4.11. The molecule has 6 aliphatic rings. The lowest BCUT2D eigenvalue weighted by Crippen LogP contribution is -2.51. The number of fused-ring (bicyclic) bond motifs is 2. The van der Waals surface area contributed by atoms with Gasteiger partial charge in [0, 0.05) is 55.1 Å². The molecule has 3 atom stereocenters. The highest BCUT2D eigenvalue weighted by Crippen LogP contribution is 2.91. The molecule has 2 bridgehead atoms. The second-order valence-electron chi connectivity index (χ2n) is 12.7. The second-order valence-corrected chi connectivity index (χ2v) is 14.2. The summed E-state index contributed by atoms with van der Waals surface area (Å²) in [6.07, 6.45) is 7.87. The van der Waals surface area contributed by atoms with Gasteiger partial charge < -0.3 is 14.0 Å². The number of rotatable bonds is 8. The molecule has 4 amide bonds. The van der Waals surface area contributed by atoms with Crippen molar-refractivity contribution in [3.63, 3.8) is 0 Å². The lowest BCUT2D eigenvalue weighted by Gasteiger charge is -2.38. The summed E-state index contributed by atoms with van der Waals surface area (Å²) < 4.78 is 31.6. The van der Waals surface area contributed by atoms with Gasteiger partial charge in [-0.2, -0.15) is 8.42 Å². The Bertz CT molecular complexity index is 1750. The number of carbonyl (C=O) groups is 3. The zero-order valence-corrected chi connectivity index (χ0v) is 24.3. The molecule has 9 rings (SSSR count). The first-order chi connectivity index (χ1) is 20.7. The molecule has 3 heterocycles. The van der Waals surface area contributed by atoms with E-state index in [0.717, 1.165) is 23.3 Å². The van der Waals surface area contributed by atoms with E-state index in [9.17, 15) is 22.8 Å². The van der Waals surface area contributed by atoms with E-state index in [1.807, 2.05) is 4.90 Å². The number of imide groups is 1. The first-order valence-electron chi connectivity index (χ1n) is 15.0. The molecule has 4 aliphatic carbocycles. The van der Waals surface area contributed by atoms with Crippen LogP contribution in [0.2, 0.25) is 0 Å². The fourth-order valence-corrected chi connectivity index (χ4v) is 9.58. The zero-order chi connectivity index (χ0) is 29.5. The van der Waals surface area contributed by atoms with Crippen LogP contribution in [-0.2, 0) is 26.1 Å². The predicted molar refractivity (Wildman–Crippen MR) is 155 cm³/mol. The number of hydrogen-bond acceptors (Lipinski definition) is 7. The van der Waals surface area contributed by atoms with Crippen LogP contribution < -0.4 is 9.50 Å². The minimum atomic E-state index is -4.11. The first-order valence-corrected chi connectivity index (χ1v) is 16.4. The Hall–Kier alpha value is -3.99. The fraction of sp³-hybridized carbons (Fsp3) is 0.438. The lowest BCUT2D eigenvalue weighted by molar-refractivity contribution is -0.134. The van der Waals surface area contributed by atoms with Crippen molar-refractivity contribution in [1.29, 1.82) is 0 Å². The molecule has 222 valence electrons. The highest BCUT2D eigenvalue weighted by atomic mass is 32.2. The van der Waals surface area contributed by atoms with E-state index >= 15 is 0 Å². The van der Waals surface area contributed by atoms with Gasteiger partial charge in [-0.1, -0.05) is 24.3 Å². The average Bonchev–Trinajstić information content (AvgIpc) is 3.75. The molecule has 2 aliphatic heterocycles. The third-order valence-corrected chi connectivity index (χ3v) is 11.9. The number of piperidine rings is 1. The summed E-state index contributed by atoms with van der Waals surface area (Å²) in [6.45, 7) is 1.19. The van der Waals surface area contributed by atoms with Crippen molar-refractivity contribution < 1.29 is 27.0 Å². The minimum Gasteiger partial charge on any atom is -0.379 e. The van der Waals surface area contributed by atoms with Crippen LogP contribution >= 0.6 is 0 Å². The number of amides is 4. The Morgan fingerprint density at radius 3 is 2.51 bits per heavy atom. The lowest BCUT2D eigenvalue weighted by atomic mass is 9.91. The van der Waals surface area contributed by atoms with Crippen LogP contribution in [0.25, 0.3) is 10.8 Å². The first kappa shape index (κ1) is 26.6. The van der Waals surface area contributed by atoms with Gasteiger partial charge in [0.2, 0.25) is 5.91 Å². The molecular formula is C32H32N4O6S. The van der Waals surface area contributed by atoms with Gasteiger partial charge in [0.05, 0.1) is 0 Å². The van der Waals surface area contributed by atoms with E-state index < -0.39 is 22.2 Å². The van der Waals surface area contributed by atoms with E-state index in [1.54, 1.807) is 53.6 Å². The maximum atomic E-state index is 13.1. The van der Waals surface area contributed by atoms with Crippen LogP contribution in [-0.4, -0.2) is 66.2 Å². The topological polar surface area (TPSA) is 126 Å². The quantitative estimate of drug-likeness (QED) is 0.310. The molecule has 2 saturated heterocycles. The van der Waals surface area contributed by atoms with Gasteiger partial charge in [-0.05, 0) is 78.7 Å². The van der Waals surface area contributed by atoms with Crippen molar-refractivity contribution in [2.45, 2.75) is 55.5 Å². The monoisotopic (exact) mass is 600 g/mol. The van der Waals surface area contributed by atoms with Crippen LogP contribution in [0.15, 0.2) is 65.8 Å². The number of nitrogens with zero attached hydrogens (tertiary/aromatic N) is 3. The molecule has 43 heavy (non-hydrogen) atoms. The van der Waals surface area contributed by atoms with E-state index in [1.165, 1.54) is 25.1 Å². The standard InChI is InChI=1S/C32H32N4O6S/c37-27(17-32-12-8-24-28(32)29(24)32)35-14-10-21(11-15-35)36-25(30(38)34-31(36)39)16-19-4-6-22(7-5-19)42-43(40,41)26-3-1-2-20-18-33-13-9-23(20)26/h1-7,9,13,18,21,24-25,28-29H,8,10-12,14-17H2,(H,34,38,39). The molecule has 1 N–H and O–H groups in total. The number of benzene rings is 2. The van der Waals surface area contributed by atoms with Crippen molar-refractivity contribution in [3.8, 4) is 5.75 Å². The molecule has 10 nitrogen and oxygen atoms in total. The molecule has 11 heteroatoms. The number of pyridine rings is 1. The van der Waals surface area contributed by atoms with Crippen molar-refractivity contribution in [3.05, 3.63) is 66.5 Å². The van der Waals surface area contributed by atoms with Crippen molar-refractivity contribution >= 4 is 38.7 Å². The maximum Gasteiger partial charge on any atom is 0.339 e. The summed E-state index contributed by atoms with van der Waals surface area (Å²) in [6, 6.07) is 11.9. The third-order valence-electron chi connectivity index (χ3n) is 10.6. The summed E-state index contributed by atoms with van der Waals surface area (Å²) in [5.41, 5.74) is 1.09. The van der Waals surface area contributed by atoms with Crippen molar-refractivity contribution in [2.75, 3.05) is 13.1 Å². The van der Waals surface area contributed by atoms with Crippen LogP contribution in [0.5, 0.6) is 5.75 Å². The van der Waals surface area contributed by atoms with Crippen LogP contribution in [0.1, 0.15) is 37.7 Å². The molecule has 2 aromatic carbocycles. The zero-order valence-electron chi connectivity index (χ0n) is 23.5. The molecule has 1 aromatic heterocycles. The summed E-state index contributed by atoms with van der Waals surface area (Å²) in [4.78, 5) is 46.4. The summed E-state index contributed by atoms with van der Waals surface area (Å²) in [5, 5.41) is 3.67. The van der Waals surface area contributed by atoms with Gasteiger partial charge in [0.1, 0.15) is 16.7 Å². The van der Waals surface area contributed by atoms with Crippen LogP contribution in [0.4, 0.5) is 4.79 Å². The van der Waals surface area contributed by atoms with Crippen molar-refractivity contribution in [2.24, 2.45) is 23.2 Å². The number of carbonyl (C=O) groups excluding carboxylic acids is 3. The maximum absolute atomic E-state index is 13.1. The van der Waals surface area contributed by atoms with E-state index in [0.29, 0.717) is 48.5 Å². The van der Waals surface area contributed by atoms with Crippen LogP contribution in [0.3, 0.4) is 0 Å². The number of hydrogen-bond donors (Lipinski definition) is 1. The second kappa shape index (κ2) is 9.51. The van der Waals surface area contributed by atoms with E-state index in [4.69, 9.17) is 4.18 Å². The molecule has 0 spiro atoms. The Labute approximate surface area is 249 Å². The number of urea groups is 1. The largest absolute Gasteiger partial charge is 0.379 e. The highest BCUT2D eigenvalue weighted by Gasteiger charge is 2.86. The normalized spacial score (nSPS) is 29.5. The molecule has 6 fully saturated rings. The Morgan fingerprint density at radius 1 is 1.02 bits per heavy atom. The smallest absolute Gasteiger partial charge is 0.339 e. The van der Waals surface area contributed by atoms with Gasteiger partial charge in [-0.25, -0.2) is 4.79 Å². The number of nitrogens with one attached hydrogen (secondary N) is 1. The molecule has 3 aromatic rings. The van der Waals surface area contributed by atoms with Gasteiger partial charge in [0.25, 0.3) is 5.91 Å². The van der Waals surface area contributed by atoms with Gasteiger partial charge >= 0.3 is 16.1 Å². The molecule has 0 radical (unpaired) electrons. The Balaban J connectivity index is 0.909. The highest BCUT2D eigenvalue weighted by molar-refractivity contribution is 7.87. The van der Waals surface area contributed by atoms with E-state index in [-0.39, 0.29) is 34.9 Å².